The summed E-state index contributed by atoms with van der Waals surface area (Å²) in [6.45, 7) is 1.92. The second-order valence-electron chi connectivity index (χ2n) is 3.13. The summed E-state index contributed by atoms with van der Waals surface area (Å²) in [5.74, 6) is -0.914. The summed E-state index contributed by atoms with van der Waals surface area (Å²) >= 11 is 0. The zero-order valence-corrected chi connectivity index (χ0v) is 7.69. The van der Waals surface area contributed by atoms with Crippen molar-refractivity contribution >= 4 is 16.9 Å². The van der Waals surface area contributed by atoms with Crippen molar-refractivity contribution in [1.29, 1.82) is 0 Å². The van der Waals surface area contributed by atoms with Crippen molar-refractivity contribution in [2.24, 2.45) is 0 Å². The molecule has 0 amide bonds. The standard InChI is InChI=1S/C11H9NO2/c1-7-3-2-4-8-9(11(13)14)5-6-12-10(7)8/h2-6H,1H3,(H,13,14). The van der Waals surface area contributed by atoms with Gasteiger partial charge in [0.05, 0.1) is 11.1 Å². The van der Waals surface area contributed by atoms with E-state index >= 15 is 0 Å². The molecule has 0 aliphatic carbocycles. The van der Waals surface area contributed by atoms with Gasteiger partial charge in [0.15, 0.2) is 0 Å². The SMILES string of the molecule is Cc1cccc2c(C(=O)O)ccnc12. The lowest BCUT2D eigenvalue weighted by Gasteiger charge is -2.03. The molecular formula is C11H9NO2. The van der Waals surface area contributed by atoms with Crippen molar-refractivity contribution in [1.82, 2.24) is 4.98 Å². The summed E-state index contributed by atoms with van der Waals surface area (Å²) in [6.07, 6.45) is 1.53. The largest absolute Gasteiger partial charge is 0.478 e. The Morgan fingerprint density at radius 1 is 1.36 bits per heavy atom. The van der Waals surface area contributed by atoms with E-state index in [1.807, 2.05) is 19.1 Å². The van der Waals surface area contributed by atoms with E-state index in [2.05, 4.69) is 4.98 Å². The molecule has 2 aromatic rings. The lowest BCUT2D eigenvalue weighted by Crippen LogP contribution is -1.98. The Bertz CT molecular complexity index is 506. The molecule has 2 rings (SSSR count). The van der Waals surface area contributed by atoms with E-state index in [1.165, 1.54) is 12.3 Å². The third kappa shape index (κ3) is 1.23. The fourth-order valence-electron chi connectivity index (χ4n) is 1.51. The van der Waals surface area contributed by atoms with Crippen LogP contribution < -0.4 is 0 Å². The summed E-state index contributed by atoms with van der Waals surface area (Å²) in [7, 11) is 0. The molecular weight excluding hydrogens is 178 g/mol. The van der Waals surface area contributed by atoms with Crippen molar-refractivity contribution in [3.05, 3.63) is 41.6 Å². The van der Waals surface area contributed by atoms with E-state index in [1.54, 1.807) is 6.07 Å². The minimum absolute atomic E-state index is 0.304. The average Bonchev–Trinajstić information content (AvgIpc) is 2.17. The van der Waals surface area contributed by atoms with Gasteiger partial charge in [-0.05, 0) is 18.6 Å². The number of hydrogen-bond donors (Lipinski definition) is 1. The number of pyridine rings is 1. The molecule has 0 fully saturated rings. The predicted octanol–water partition coefficient (Wildman–Crippen LogP) is 2.24. The smallest absolute Gasteiger partial charge is 0.336 e. The van der Waals surface area contributed by atoms with Crippen LogP contribution >= 0.6 is 0 Å². The van der Waals surface area contributed by atoms with Crippen LogP contribution in [0.5, 0.6) is 0 Å². The zero-order chi connectivity index (χ0) is 10.1. The second kappa shape index (κ2) is 3.10. The molecule has 0 aliphatic heterocycles. The second-order valence-corrected chi connectivity index (χ2v) is 3.13. The molecule has 1 aromatic carbocycles. The summed E-state index contributed by atoms with van der Waals surface area (Å²) in [4.78, 5) is 15.1. The van der Waals surface area contributed by atoms with Crippen molar-refractivity contribution in [3.8, 4) is 0 Å². The number of aryl methyl sites for hydroxylation is 1. The molecule has 1 N–H and O–H groups in total. The topological polar surface area (TPSA) is 50.2 Å². The Hall–Kier alpha value is -1.90. The number of aromatic nitrogens is 1. The van der Waals surface area contributed by atoms with Crippen molar-refractivity contribution in [2.75, 3.05) is 0 Å². The van der Waals surface area contributed by atoms with Crippen molar-refractivity contribution in [3.63, 3.8) is 0 Å². The third-order valence-corrected chi connectivity index (χ3v) is 2.20. The number of rotatable bonds is 1. The van der Waals surface area contributed by atoms with Gasteiger partial charge in [-0.15, -0.1) is 0 Å². The third-order valence-electron chi connectivity index (χ3n) is 2.20. The van der Waals surface area contributed by atoms with Crippen LogP contribution in [0.25, 0.3) is 10.9 Å². The minimum atomic E-state index is -0.914. The summed E-state index contributed by atoms with van der Waals surface area (Å²) in [6, 6.07) is 7.05. The number of benzene rings is 1. The number of carboxylic acids is 1. The number of aromatic carboxylic acids is 1. The first-order chi connectivity index (χ1) is 6.70. The maximum Gasteiger partial charge on any atom is 0.336 e. The number of fused-ring (bicyclic) bond motifs is 1. The quantitative estimate of drug-likeness (QED) is 0.744. The van der Waals surface area contributed by atoms with E-state index in [4.69, 9.17) is 5.11 Å². The Kier molecular flexibility index (Phi) is 1.93. The molecule has 14 heavy (non-hydrogen) atoms. The molecule has 0 radical (unpaired) electrons. The van der Waals surface area contributed by atoms with Gasteiger partial charge in [0.2, 0.25) is 0 Å². The van der Waals surface area contributed by atoms with Gasteiger partial charge < -0.3 is 5.11 Å². The van der Waals surface area contributed by atoms with Crippen LogP contribution in [0, 0.1) is 6.92 Å². The highest BCUT2D eigenvalue weighted by molar-refractivity contribution is 6.02. The summed E-state index contributed by atoms with van der Waals surface area (Å²) in [5.41, 5.74) is 2.05. The zero-order valence-electron chi connectivity index (χ0n) is 7.69. The van der Waals surface area contributed by atoms with E-state index in [0.29, 0.717) is 10.9 Å². The Labute approximate surface area is 81.0 Å². The maximum absolute atomic E-state index is 10.9. The molecule has 0 saturated carbocycles. The molecule has 1 heterocycles. The molecule has 0 spiro atoms. The summed E-state index contributed by atoms with van der Waals surface area (Å²) in [5, 5.41) is 9.64. The summed E-state index contributed by atoms with van der Waals surface area (Å²) < 4.78 is 0. The maximum atomic E-state index is 10.9. The van der Waals surface area contributed by atoms with Gasteiger partial charge in [-0.2, -0.15) is 0 Å². The van der Waals surface area contributed by atoms with Crippen LogP contribution in [-0.4, -0.2) is 16.1 Å². The lowest BCUT2D eigenvalue weighted by molar-refractivity contribution is 0.0699. The molecule has 3 heteroatoms. The van der Waals surface area contributed by atoms with E-state index in [-0.39, 0.29) is 0 Å². The first-order valence-electron chi connectivity index (χ1n) is 4.28. The highest BCUT2D eigenvalue weighted by Crippen LogP contribution is 2.19. The van der Waals surface area contributed by atoms with E-state index in [9.17, 15) is 4.79 Å². The molecule has 70 valence electrons. The number of carbonyl (C=O) groups is 1. The highest BCUT2D eigenvalue weighted by Gasteiger charge is 2.08. The van der Waals surface area contributed by atoms with Gasteiger partial charge in [-0.25, -0.2) is 4.79 Å². The molecule has 0 bridgehead atoms. The van der Waals surface area contributed by atoms with E-state index < -0.39 is 5.97 Å². The molecule has 0 aliphatic rings. The van der Waals surface area contributed by atoms with Crippen molar-refractivity contribution < 1.29 is 9.90 Å². The predicted molar refractivity (Wildman–Crippen MR) is 53.4 cm³/mol. The Balaban J connectivity index is 2.88. The normalized spacial score (nSPS) is 10.4. The molecule has 0 saturated heterocycles. The lowest BCUT2D eigenvalue weighted by atomic mass is 10.1. The highest BCUT2D eigenvalue weighted by atomic mass is 16.4. The molecule has 3 nitrogen and oxygen atoms in total. The van der Waals surface area contributed by atoms with Crippen LogP contribution in [0.4, 0.5) is 0 Å². The fraction of sp³-hybridized carbons (Fsp3) is 0.0909. The number of hydrogen-bond acceptors (Lipinski definition) is 2. The Morgan fingerprint density at radius 3 is 2.86 bits per heavy atom. The minimum Gasteiger partial charge on any atom is -0.478 e. The van der Waals surface area contributed by atoms with Gasteiger partial charge in [0.1, 0.15) is 0 Å². The van der Waals surface area contributed by atoms with Crippen molar-refractivity contribution in [2.45, 2.75) is 6.92 Å². The van der Waals surface area contributed by atoms with Gasteiger partial charge in [0, 0.05) is 11.6 Å². The van der Waals surface area contributed by atoms with Crippen LogP contribution in [0.3, 0.4) is 0 Å². The molecule has 1 aromatic heterocycles. The molecule has 0 unspecified atom stereocenters. The number of nitrogens with zero attached hydrogens (tertiary/aromatic N) is 1. The molecule has 0 atom stereocenters. The van der Waals surface area contributed by atoms with Crippen LogP contribution in [-0.2, 0) is 0 Å². The van der Waals surface area contributed by atoms with Gasteiger partial charge in [0.25, 0.3) is 0 Å². The fourth-order valence-corrected chi connectivity index (χ4v) is 1.51. The van der Waals surface area contributed by atoms with E-state index in [0.717, 1.165) is 11.1 Å². The number of carboxylic acid groups (broad SMARTS) is 1. The average molecular weight is 187 g/mol. The first-order valence-corrected chi connectivity index (χ1v) is 4.28. The van der Waals surface area contributed by atoms with Gasteiger partial charge in [-0.1, -0.05) is 18.2 Å². The van der Waals surface area contributed by atoms with Crippen LogP contribution in [0.15, 0.2) is 30.5 Å². The Morgan fingerprint density at radius 2 is 2.14 bits per heavy atom. The monoisotopic (exact) mass is 187 g/mol. The first kappa shape index (κ1) is 8.69. The van der Waals surface area contributed by atoms with Crippen LogP contribution in [0.1, 0.15) is 15.9 Å². The number of para-hydroxylation sites is 1. The van der Waals surface area contributed by atoms with Crippen LogP contribution in [0.2, 0.25) is 0 Å². The van der Waals surface area contributed by atoms with Gasteiger partial charge >= 0.3 is 5.97 Å². The van der Waals surface area contributed by atoms with Gasteiger partial charge in [-0.3, -0.25) is 4.98 Å².